The highest BCUT2D eigenvalue weighted by atomic mass is 35.5. The molecule has 1 aromatic heterocycles. The Morgan fingerprint density at radius 3 is 2.54 bits per heavy atom. The van der Waals surface area contributed by atoms with Gasteiger partial charge in [0.2, 0.25) is 0 Å². The highest BCUT2D eigenvalue weighted by Gasteiger charge is 2.01. The lowest BCUT2D eigenvalue weighted by Gasteiger charge is -2.00. The number of hydrogen-bond acceptors (Lipinski definition) is 1. The van der Waals surface area contributed by atoms with Gasteiger partial charge in [0.25, 0.3) is 0 Å². The number of nitrogens with zero attached hydrogens (tertiary/aromatic N) is 2. The summed E-state index contributed by atoms with van der Waals surface area (Å²) in [5, 5.41) is 4.79. The number of aryl methyl sites for hydroxylation is 1. The van der Waals surface area contributed by atoms with Crippen LogP contribution in [0.2, 0.25) is 5.02 Å². The molecule has 3 heteroatoms. The van der Waals surface area contributed by atoms with E-state index >= 15 is 0 Å². The molecule has 13 heavy (non-hydrogen) atoms. The molecule has 0 aliphatic heterocycles. The van der Waals surface area contributed by atoms with E-state index in [1.54, 1.807) is 10.9 Å². The number of rotatable bonds is 1. The van der Waals surface area contributed by atoms with E-state index in [2.05, 4.69) is 11.2 Å². The van der Waals surface area contributed by atoms with Crippen LogP contribution in [0.3, 0.4) is 0 Å². The second kappa shape index (κ2) is 3.23. The summed E-state index contributed by atoms with van der Waals surface area (Å²) in [5.41, 5.74) is 2.04. The van der Waals surface area contributed by atoms with Crippen molar-refractivity contribution in [1.82, 2.24) is 9.78 Å². The van der Waals surface area contributed by atoms with Crippen LogP contribution in [0.5, 0.6) is 0 Å². The smallest absolute Gasteiger partial charge is 0.0758 e. The Morgan fingerprint density at radius 2 is 2.00 bits per heavy atom. The molecule has 0 saturated heterocycles. The van der Waals surface area contributed by atoms with Crippen molar-refractivity contribution in [3.05, 3.63) is 41.6 Å². The third kappa shape index (κ3) is 1.58. The van der Waals surface area contributed by atoms with E-state index in [0.29, 0.717) is 0 Å². The molecule has 2 nitrogen and oxygen atoms in total. The fraction of sp³-hybridized carbons (Fsp3) is 0.100. The van der Waals surface area contributed by atoms with E-state index in [-0.39, 0.29) is 0 Å². The highest BCUT2D eigenvalue weighted by Crippen LogP contribution is 2.19. The van der Waals surface area contributed by atoms with Crippen molar-refractivity contribution in [2.75, 3.05) is 0 Å². The molecule has 0 bridgehead atoms. The lowest BCUT2D eigenvalue weighted by molar-refractivity contribution is 0.776. The number of benzene rings is 1. The summed E-state index contributed by atoms with van der Waals surface area (Å²) in [6.45, 7) is 0. The molecule has 0 unspecified atom stereocenters. The fourth-order valence-corrected chi connectivity index (χ4v) is 1.33. The van der Waals surface area contributed by atoms with Gasteiger partial charge < -0.3 is 0 Å². The van der Waals surface area contributed by atoms with Gasteiger partial charge in [-0.1, -0.05) is 23.7 Å². The topological polar surface area (TPSA) is 17.8 Å². The lowest BCUT2D eigenvalue weighted by atomic mass is 10.1. The first-order valence-corrected chi connectivity index (χ1v) is 4.31. The van der Waals surface area contributed by atoms with Gasteiger partial charge in [-0.2, -0.15) is 5.10 Å². The summed E-state index contributed by atoms with van der Waals surface area (Å²) in [7, 11) is 1.89. The molecule has 1 aromatic carbocycles. The fourth-order valence-electron chi connectivity index (χ4n) is 1.21. The monoisotopic (exact) mass is 191 g/mol. The third-order valence-corrected chi connectivity index (χ3v) is 2.13. The molecule has 0 amide bonds. The van der Waals surface area contributed by atoms with Crippen LogP contribution < -0.4 is 0 Å². The van der Waals surface area contributed by atoms with Gasteiger partial charge in [0.1, 0.15) is 0 Å². The van der Waals surface area contributed by atoms with Crippen molar-refractivity contribution in [3.8, 4) is 11.3 Å². The normalized spacial score (nSPS) is 10.3. The molecular formula is C10H8ClN2. The molecule has 0 atom stereocenters. The molecule has 0 fully saturated rings. The molecule has 0 N–H and O–H groups in total. The van der Waals surface area contributed by atoms with Crippen LogP contribution in [0.15, 0.2) is 30.5 Å². The Kier molecular flexibility index (Phi) is 2.07. The quantitative estimate of drug-likeness (QED) is 0.678. The molecule has 1 radical (unpaired) electrons. The minimum Gasteiger partial charge on any atom is -0.267 e. The molecule has 65 valence electrons. The Morgan fingerprint density at radius 1 is 1.31 bits per heavy atom. The molecule has 2 rings (SSSR count). The predicted octanol–water partition coefficient (Wildman–Crippen LogP) is 2.54. The van der Waals surface area contributed by atoms with Crippen LogP contribution >= 0.6 is 11.6 Å². The molecule has 0 saturated carbocycles. The average Bonchev–Trinajstić information content (AvgIpc) is 2.53. The minimum absolute atomic E-state index is 0.742. The van der Waals surface area contributed by atoms with Crippen molar-refractivity contribution in [3.63, 3.8) is 0 Å². The van der Waals surface area contributed by atoms with Gasteiger partial charge in [-0.05, 0) is 12.1 Å². The first-order valence-electron chi connectivity index (χ1n) is 3.93. The van der Waals surface area contributed by atoms with E-state index in [9.17, 15) is 0 Å². The Labute approximate surface area is 81.8 Å². The van der Waals surface area contributed by atoms with Gasteiger partial charge in [0, 0.05) is 23.7 Å². The van der Waals surface area contributed by atoms with Crippen molar-refractivity contribution in [2.45, 2.75) is 0 Å². The zero-order valence-electron chi connectivity index (χ0n) is 7.16. The van der Waals surface area contributed by atoms with Crippen LogP contribution in [-0.2, 0) is 7.05 Å². The predicted molar refractivity (Wildman–Crippen MR) is 52.5 cm³/mol. The Balaban J connectivity index is 2.47. The Bertz CT molecular complexity index is 403. The molecule has 0 aliphatic carbocycles. The molecule has 2 aromatic rings. The van der Waals surface area contributed by atoms with Crippen LogP contribution in [0.1, 0.15) is 0 Å². The summed E-state index contributed by atoms with van der Waals surface area (Å²) in [5.74, 6) is 0. The summed E-state index contributed by atoms with van der Waals surface area (Å²) >= 11 is 5.78. The number of halogens is 1. The second-order valence-corrected chi connectivity index (χ2v) is 3.20. The zero-order valence-corrected chi connectivity index (χ0v) is 7.92. The lowest BCUT2D eigenvalue weighted by Crippen LogP contribution is -1.92. The van der Waals surface area contributed by atoms with Crippen molar-refractivity contribution >= 4 is 11.6 Å². The second-order valence-electron chi connectivity index (χ2n) is 2.77. The van der Waals surface area contributed by atoms with E-state index in [1.807, 2.05) is 31.3 Å². The third-order valence-electron chi connectivity index (χ3n) is 1.87. The van der Waals surface area contributed by atoms with Crippen LogP contribution in [0.4, 0.5) is 0 Å². The van der Waals surface area contributed by atoms with Gasteiger partial charge in [-0.3, -0.25) is 4.68 Å². The average molecular weight is 192 g/mol. The van der Waals surface area contributed by atoms with Crippen molar-refractivity contribution in [2.24, 2.45) is 7.05 Å². The van der Waals surface area contributed by atoms with Crippen LogP contribution in [0, 0.1) is 6.07 Å². The van der Waals surface area contributed by atoms with Gasteiger partial charge >= 0.3 is 0 Å². The summed E-state index contributed by atoms with van der Waals surface area (Å²) in [6.07, 6.45) is 1.66. The van der Waals surface area contributed by atoms with E-state index in [0.717, 1.165) is 16.3 Å². The molecular weight excluding hydrogens is 184 g/mol. The van der Waals surface area contributed by atoms with Crippen LogP contribution in [-0.4, -0.2) is 9.78 Å². The number of aromatic nitrogens is 2. The standard InChI is InChI=1S/C10H8ClN2/c1-13-10(6-7-12-13)8-2-4-9(11)5-3-8/h2-5,7H,1H3. The Hall–Kier alpha value is -1.28. The van der Waals surface area contributed by atoms with Gasteiger partial charge in [-0.15, -0.1) is 0 Å². The minimum atomic E-state index is 0.742. The van der Waals surface area contributed by atoms with E-state index < -0.39 is 0 Å². The summed E-state index contributed by atoms with van der Waals surface area (Å²) < 4.78 is 1.78. The first kappa shape index (κ1) is 8.32. The van der Waals surface area contributed by atoms with Gasteiger partial charge in [-0.25, -0.2) is 0 Å². The van der Waals surface area contributed by atoms with Crippen LogP contribution in [0.25, 0.3) is 11.3 Å². The van der Waals surface area contributed by atoms with Crippen molar-refractivity contribution < 1.29 is 0 Å². The van der Waals surface area contributed by atoms with Gasteiger partial charge in [0.15, 0.2) is 0 Å². The maximum absolute atomic E-state index is 5.78. The maximum Gasteiger partial charge on any atom is 0.0758 e. The summed E-state index contributed by atoms with van der Waals surface area (Å²) in [6, 6.07) is 10.7. The van der Waals surface area contributed by atoms with E-state index in [1.165, 1.54) is 0 Å². The molecule has 1 heterocycles. The highest BCUT2D eigenvalue weighted by molar-refractivity contribution is 6.30. The first-order chi connectivity index (χ1) is 6.27. The number of hydrogen-bond donors (Lipinski definition) is 0. The van der Waals surface area contributed by atoms with E-state index in [4.69, 9.17) is 11.6 Å². The molecule has 0 spiro atoms. The maximum atomic E-state index is 5.78. The summed E-state index contributed by atoms with van der Waals surface area (Å²) in [4.78, 5) is 0. The van der Waals surface area contributed by atoms with Crippen molar-refractivity contribution in [1.29, 1.82) is 0 Å². The zero-order chi connectivity index (χ0) is 9.26. The molecule has 0 aliphatic rings. The largest absolute Gasteiger partial charge is 0.267 e. The SMILES string of the molecule is Cn1nc[c]c1-c1ccc(Cl)cc1. The van der Waals surface area contributed by atoms with Gasteiger partial charge in [0.05, 0.1) is 11.9 Å².